The van der Waals surface area contributed by atoms with Crippen LogP contribution in [0.5, 0.6) is 0 Å². The van der Waals surface area contributed by atoms with Gasteiger partial charge in [-0.05, 0) is 6.92 Å². The highest BCUT2D eigenvalue weighted by atomic mass is 16.8. The number of hydrogen-bond acceptors (Lipinski definition) is 5. The Morgan fingerprint density at radius 3 is 2.69 bits per heavy atom. The molecule has 0 aromatic rings. The minimum atomic E-state index is -0.571. The maximum absolute atomic E-state index is 9.40. The van der Waals surface area contributed by atoms with Crippen molar-refractivity contribution in [3.05, 3.63) is 0 Å². The van der Waals surface area contributed by atoms with E-state index in [1.54, 1.807) is 6.92 Å². The first kappa shape index (κ1) is 9.36. The average Bonchev–Trinajstić information content (AvgIpc) is 2.17. The lowest BCUT2D eigenvalue weighted by Gasteiger charge is -2.41. The van der Waals surface area contributed by atoms with Gasteiger partial charge in [0.1, 0.15) is 12.2 Å². The van der Waals surface area contributed by atoms with Crippen molar-refractivity contribution in [2.24, 2.45) is 0 Å². The third-order valence-corrected chi connectivity index (χ3v) is 2.24. The van der Waals surface area contributed by atoms with Crippen LogP contribution in [0.25, 0.3) is 0 Å². The maximum Gasteiger partial charge on any atom is 0.189 e. The molecule has 0 radical (unpaired) electrons. The van der Waals surface area contributed by atoms with Gasteiger partial charge in [-0.1, -0.05) is 0 Å². The number of ether oxygens (including phenoxy) is 4. The molecule has 0 spiro atoms. The first-order valence-corrected chi connectivity index (χ1v) is 4.43. The van der Waals surface area contributed by atoms with E-state index in [0.717, 1.165) is 0 Å². The predicted octanol–water partition coefficient (Wildman–Crippen LogP) is -0.518. The van der Waals surface area contributed by atoms with Crippen molar-refractivity contribution >= 4 is 0 Å². The second-order valence-corrected chi connectivity index (χ2v) is 3.23. The Labute approximate surface area is 76.5 Å². The van der Waals surface area contributed by atoms with Crippen molar-refractivity contribution in [1.29, 1.82) is 0 Å². The van der Waals surface area contributed by atoms with E-state index in [-0.39, 0.29) is 25.3 Å². The Morgan fingerprint density at radius 1 is 1.15 bits per heavy atom. The molecule has 0 aromatic carbocycles. The van der Waals surface area contributed by atoms with Crippen molar-refractivity contribution in [3.8, 4) is 0 Å². The van der Waals surface area contributed by atoms with Gasteiger partial charge >= 0.3 is 0 Å². The highest BCUT2D eigenvalue weighted by Gasteiger charge is 2.41. The first-order chi connectivity index (χ1) is 6.29. The molecule has 1 N–H and O–H groups in total. The molecule has 4 atom stereocenters. The fraction of sp³-hybridized carbons (Fsp3) is 1.00. The summed E-state index contributed by atoms with van der Waals surface area (Å²) < 4.78 is 21.2. The molecule has 2 saturated heterocycles. The smallest absolute Gasteiger partial charge is 0.189 e. The molecular formula is C8H14O5. The van der Waals surface area contributed by atoms with E-state index in [1.165, 1.54) is 0 Å². The lowest BCUT2D eigenvalue weighted by Crippen LogP contribution is -2.55. The number of fused-ring (bicyclic) bond motifs is 1. The van der Waals surface area contributed by atoms with Gasteiger partial charge in [-0.2, -0.15) is 0 Å². The van der Waals surface area contributed by atoms with Crippen LogP contribution in [0.3, 0.4) is 0 Å². The van der Waals surface area contributed by atoms with Crippen molar-refractivity contribution in [1.82, 2.24) is 0 Å². The largest absolute Gasteiger partial charge is 0.391 e. The zero-order chi connectivity index (χ0) is 9.26. The molecule has 0 amide bonds. The quantitative estimate of drug-likeness (QED) is 0.603. The highest BCUT2D eigenvalue weighted by Crippen LogP contribution is 2.23. The van der Waals surface area contributed by atoms with Gasteiger partial charge in [-0.15, -0.1) is 0 Å². The Bertz CT molecular complexity index is 170. The summed E-state index contributed by atoms with van der Waals surface area (Å²) in [5.41, 5.74) is 0. The Morgan fingerprint density at radius 2 is 1.92 bits per heavy atom. The molecule has 0 saturated carbocycles. The third-order valence-electron chi connectivity index (χ3n) is 2.24. The van der Waals surface area contributed by atoms with E-state index in [9.17, 15) is 5.11 Å². The van der Waals surface area contributed by atoms with Crippen LogP contribution in [0.1, 0.15) is 6.92 Å². The van der Waals surface area contributed by atoms with Gasteiger partial charge < -0.3 is 24.1 Å². The predicted molar refractivity (Wildman–Crippen MR) is 42.0 cm³/mol. The van der Waals surface area contributed by atoms with Crippen molar-refractivity contribution in [3.63, 3.8) is 0 Å². The van der Waals surface area contributed by atoms with E-state index >= 15 is 0 Å². The minimum absolute atomic E-state index is 0.153. The Kier molecular flexibility index (Phi) is 2.80. The summed E-state index contributed by atoms with van der Waals surface area (Å²) in [7, 11) is 0. The molecule has 2 heterocycles. The molecule has 2 rings (SSSR count). The van der Waals surface area contributed by atoms with Crippen LogP contribution in [0.2, 0.25) is 0 Å². The summed E-state index contributed by atoms with van der Waals surface area (Å²) in [6.07, 6.45) is -1.61. The maximum atomic E-state index is 9.40. The highest BCUT2D eigenvalue weighted by molar-refractivity contribution is 4.82. The SMILES string of the molecule is CC(O)C1OCOC2OCCOC21. The summed E-state index contributed by atoms with van der Waals surface area (Å²) in [6.45, 7) is 2.88. The van der Waals surface area contributed by atoms with E-state index in [0.29, 0.717) is 13.2 Å². The van der Waals surface area contributed by atoms with Crippen LogP contribution >= 0.6 is 0 Å². The van der Waals surface area contributed by atoms with Gasteiger partial charge in [0.15, 0.2) is 13.1 Å². The van der Waals surface area contributed by atoms with E-state index < -0.39 is 6.10 Å². The molecule has 2 aliphatic rings. The van der Waals surface area contributed by atoms with Gasteiger partial charge in [0.2, 0.25) is 0 Å². The van der Waals surface area contributed by atoms with Gasteiger partial charge in [0.25, 0.3) is 0 Å². The standard InChI is InChI=1S/C8H14O5/c1-5(9)6-7-8(13-4-12-6)11-3-2-10-7/h5-9H,2-4H2,1H3. The van der Waals surface area contributed by atoms with E-state index in [2.05, 4.69) is 0 Å². The number of hydrogen-bond donors (Lipinski definition) is 1. The molecule has 5 nitrogen and oxygen atoms in total. The molecule has 2 aliphatic heterocycles. The van der Waals surface area contributed by atoms with E-state index in [1.807, 2.05) is 0 Å². The van der Waals surface area contributed by atoms with E-state index in [4.69, 9.17) is 18.9 Å². The topological polar surface area (TPSA) is 57.2 Å². The summed E-state index contributed by atoms with van der Waals surface area (Å²) >= 11 is 0. The summed E-state index contributed by atoms with van der Waals surface area (Å²) in [5, 5.41) is 9.40. The zero-order valence-corrected chi connectivity index (χ0v) is 7.51. The molecule has 0 bridgehead atoms. The fourth-order valence-electron chi connectivity index (χ4n) is 1.61. The van der Waals surface area contributed by atoms with Gasteiger partial charge in [-0.25, -0.2) is 0 Å². The van der Waals surface area contributed by atoms with Crippen LogP contribution in [-0.4, -0.2) is 49.7 Å². The van der Waals surface area contributed by atoms with Gasteiger partial charge in [0, 0.05) is 0 Å². The lowest BCUT2D eigenvalue weighted by molar-refractivity contribution is -0.347. The first-order valence-electron chi connectivity index (χ1n) is 4.43. The van der Waals surface area contributed by atoms with Crippen LogP contribution < -0.4 is 0 Å². The Balaban J connectivity index is 2.02. The second kappa shape index (κ2) is 3.89. The summed E-state index contributed by atoms with van der Waals surface area (Å²) in [6, 6.07) is 0. The molecular weight excluding hydrogens is 176 g/mol. The number of rotatable bonds is 1. The normalized spacial score (nSPS) is 42.5. The molecule has 5 heteroatoms. The summed E-state index contributed by atoms with van der Waals surface area (Å²) in [5.74, 6) is 0. The average molecular weight is 190 g/mol. The van der Waals surface area contributed by atoms with Crippen molar-refractivity contribution < 1.29 is 24.1 Å². The minimum Gasteiger partial charge on any atom is -0.391 e. The molecule has 0 aromatic heterocycles. The molecule has 0 aliphatic carbocycles. The number of aliphatic hydroxyl groups excluding tert-OH is 1. The van der Waals surface area contributed by atoms with Crippen LogP contribution in [0.4, 0.5) is 0 Å². The van der Waals surface area contributed by atoms with Gasteiger partial charge in [0.05, 0.1) is 19.3 Å². The number of aliphatic hydroxyl groups is 1. The lowest BCUT2D eigenvalue weighted by atomic mass is 10.1. The molecule has 2 fully saturated rings. The van der Waals surface area contributed by atoms with Crippen LogP contribution in [0, 0.1) is 0 Å². The fourth-order valence-corrected chi connectivity index (χ4v) is 1.61. The van der Waals surface area contributed by atoms with Crippen molar-refractivity contribution in [2.75, 3.05) is 20.0 Å². The molecule has 4 unspecified atom stereocenters. The zero-order valence-electron chi connectivity index (χ0n) is 7.51. The summed E-state index contributed by atoms with van der Waals surface area (Å²) in [4.78, 5) is 0. The monoisotopic (exact) mass is 190 g/mol. The molecule has 76 valence electrons. The molecule has 13 heavy (non-hydrogen) atoms. The van der Waals surface area contributed by atoms with Crippen LogP contribution in [0.15, 0.2) is 0 Å². The van der Waals surface area contributed by atoms with Gasteiger partial charge in [-0.3, -0.25) is 0 Å². The second-order valence-electron chi connectivity index (χ2n) is 3.23. The van der Waals surface area contributed by atoms with Crippen LogP contribution in [-0.2, 0) is 18.9 Å². The Hall–Kier alpha value is -0.200. The van der Waals surface area contributed by atoms with Crippen molar-refractivity contribution in [2.45, 2.75) is 31.5 Å². The third kappa shape index (κ3) is 1.84.